The van der Waals surface area contributed by atoms with Gasteiger partial charge in [-0.3, -0.25) is 9.98 Å². The van der Waals surface area contributed by atoms with Crippen molar-refractivity contribution < 1.29 is 9.53 Å². The Hall–Kier alpha value is -2.10. The Morgan fingerprint density at radius 3 is 2.81 bits per heavy atom. The minimum Gasteiger partial charge on any atom is -0.444 e. The van der Waals surface area contributed by atoms with E-state index in [-0.39, 0.29) is 36.1 Å². The third-order valence-electron chi connectivity index (χ3n) is 4.90. The van der Waals surface area contributed by atoms with E-state index in [4.69, 9.17) is 9.73 Å². The molecule has 1 amide bonds. The molecule has 2 heterocycles. The van der Waals surface area contributed by atoms with E-state index in [1.807, 2.05) is 33.0 Å². The fourth-order valence-electron chi connectivity index (χ4n) is 3.62. The number of hydrogen-bond donors (Lipinski definition) is 2. The van der Waals surface area contributed by atoms with Crippen molar-refractivity contribution in [3.8, 4) is 0 Å². The molecule has 0 aliphatic carbocycles. The number of fused-ring (bicyclic) bond motifs is 1. The molecule has 31 heavy (non-hydrogen) atoms. The van der Waals surface area contributed by atoms with Crippen molar-refractivity contribution in [2.24, 2.45) is 4.99 Å². The average Bonchev–Trinajstić information content (AvgIpc) is 3.14. The molecule has 1 atom stereocenters. The van der Waals surface area contributed by atoms with E-state index in [1.54, 1.807) is 0 Å². The van der Waals surface area contributed by atoms with Gasteiger partial charge >= 0.3 is 6.09 Å². The number of halogens is 1. The highest BCUT2D eigenvalue weighted by Gasteiger charge is 2.27. The number of nitrogens with one attached hydrogen (secondary N) is 2. The van der Waals surface area contributed by atoms with Crippen LogP contribution >= 0.6 is 24.0 Å². The fourth-order valence-corrected chi connectivity index (χ4v) is 3.62. The normalized spacial score (nSPS) is 16.7. The van der Waals surface area contributed by atoms with Crippen LogP contribution in [-0.2, 0) is 11.2 Å². The molecule has 1 saturated heterocycles. The molecular formula is C23H34IN5O2. The van der Waals surface area contributed by atoms with Crippen LogP contribution in [-0.4, -0.2) is 59.8 Å². The summed E-state index contributed by atoms with van der Waals surface area (Å²) in [5, 5.41) is 7.50. The van der Waals surface area contributed by atoms with E-state index in [0.29, 0.717) is 6.54 Å². The van der Waals surface area contributed by atoms with Gasteiger partial charge in [0.15, 0.2) is 5.96 Å². The Kier molecular flexibility index (Phi) is 9.33. The van der Waals surface area contributed by atoms with Gasteiger partial charge in [0.1, 0.15) is 5.60 Å². The van der Waals surface area contributed by atoms with Crippen molar-refractivity contribution >= 4 is 46.9 Å². The number of benzene rings is 1. The Morgan fingerprint density at radius 2 is 2.06 bits per heavy atom. The zero-order valence-electron chi connectivity index (χ0n) is 18.9. The number of amides is 1. The highest BCUT2D eigenvalue weighted by atomic mass is 127. The Balaban J connectivity index is 0.00000341. The van der Waals surface area contributed by atoms with Gasteiger partial charge in [-0.2, -0.15) is 0 Å². The van der Waals surface area contributed by atoms with Gasteiger partial charge in [-0.25, -0.2) is 4.79 Å². The highest BCUT2D eigenvalue weighted by molar-refractivity contribution is 14.0. The van der Waals surface area contributed by atoms with Gasteiger partial charge in [0.05, 0.1) is 11.6 Å². The summed E-state index contributed by atoms with van der Waals surface area (Å²) in [5.74, 6) is 0.888. The molecule has 1 aliphatic rings. The molecule has 2 N–H and O–H groups in total. The van der Waals surface area contributed by atoms with E-state index in [9.17, 15) is 4.79 Å². The first kappa shape index (κ1) is 25.2. The number of ether oxygens (including phenoxy) is 1. The summed E-state index contributed by atoms with van der Waals surface area (Å²) in [5.41, 5.74) is 1.76. The summed E-state index contributed by atoms with van der Waals surface area (Å²) in [6, 6.07) is 10.4. The van der Waals surface area contributed by atoms with Crippen LogP contribution in [0.4, 0.5) is 4.79 Å². The molecule has 0 saturated carbocycles. The summed E-state index contributed by atoms with van der Waals surface area (Å²) in [7, 11) is 0. The summed E-state index contributed by atoms with van der Waals surface area (Å²) < 4.78 is 5.37. The summed E-state index contributed by atoms with van der Waals surface area (Å²) in [6.45, 7) is 10.7. The second-order valence-corrected chi connectivity index (χ2v) is 8.56. The number of carbonyl (C=O) groups is 1. The van der Waals surface area contributed by atoms with Crippen LogP contribution in [0.15, 0.2) is 41.5 Å². The van der Waals surface area contributed by atoms with Gasteiger partial charge in [-0.1, -0.05) is 24.3 Å². The Bertz CT molecular complexity index is 892. The largest absolute Gasteiger partial charge is 0.444 e. The van der Waals surface area contributed by atoms with Crippen molar-refractivity contribution in [3.05, 3.63) is 42.1 Å². The van der Waals surface area contributed by atoms with Crippen LogP contribution < -0.4 is 10.6 Å². The van der Waals surface area contributed by atoms with Crippen LogP contribution in [0.25, 0.3) is 10.9 Å². The van der Waals surface area contributed by atoms with Gasteiger partial charge in [-0.15, -0.1) is 24.0 Å². The molecule has 1 unspecified atom stereocenters. The van der Waals surface area contributed by atoms with Crippen molar-refractivity contribution in [3.63, 3.8) is 0 Å². The van der Waals surface area contributed by atoms with E-state index in [0.717, 1.165) is 49.3 Å². The van der Waals surface area contributed by atoms with Crippen LogP contribution in [0.3, 0.4) is 0 Å². The van der Waals surface area contributed by atoms with Crippen LogP contribution in [0, 0.1) is 0 Å². The molecule has 1 fully saturated rings. The van der Waals surface area contributed by atoms with Crippen molar-refractivity contribution in [1.29, 1.82) is 0 Å². The van der Waals surface area contributed by atoms with Gasteiger partial charge < -0.3 is 20.3 Å². The number of hydrogen-bond acceptors (Lipinski definition) is 4. The van der Waals surface area contributed by atoms with E-state index >= 15 is 0 Å². The second kappa shape index (κ2) is 11.5. The number of guanidine groups is 1. The average molecular weight is 539 g/mol. The van der Waals surface area contributed by atoms with E-state index in [2.05, 4.69) is 51.7 Å². The minimum atomic E-state index is -0.491. The quantitative estimate of drug-likeness (QED) is 0.342. The summed E-state index contributed by atoms with van der Waals surface area (Å²) >= 11 is 0. The molecule has 170 valence electrons. The first-order chi connectivity index (χ1) is 14.4. The first-order valence-corrected chi connectivity index (χ1v) is 10.7. The monoisotopic (exact) mass is 539 g/mol. The van der Waals surface area contributed by atoms with Crippen molar-refractivity contribution in [1.82, 2.24) is 20.5 Å². The van der Waals surface area contributed by atoms with Crippen LogP contribution in [0.1, 0.15) is 39.7 Å². The topological polar surface area (TPSA) is 78.9 Å². The fraction of sp³-hybridized carbons (Fsp3) is 0.522. The SMILES string of the molecule is CCNC(=NCCc1cccc2cccnc12)N1CCC(NC(=O)OC(C)(C)C)C1.I. The molecule has 8 heteroatoms. The van der Waals surface area contributed by atoms with E-state index in [1.165, 1.54) is 5.56 Å². The van der Waals surface area contributed by atoms with Gasteiger partial charge in [0, 0.05) is 37.8 Å². The summed E-state index contributed by atoms with van der Waals surface area (Å²) in [4.78, 5) is 23.6. The predicted octanol–water partition coefficient (Wildman–Crippen LogP) is 3.96. The molecule has 7 nitrogen and oxygen atoms in total. The molecular weight excluding hydrogens is 505 g/mol. The highest BCUT2D eigenvalue weighted by Crippen LogP contribution is 2.17. The number of alkyl carbamates (subject to hydrolysis) is 1. The lowest BCUT2D eigenvalue weighted by Crippen LogP contribution is -2.44. The lowest BCUT2D eigenvalue weighted by molar-refractivity contribution is 0.0507. The molecule has 0 bridgehead atoms. The lowest BCUT2D eigenvalue weighted by Gasteiger charge is -2.23. The maximum absolute atomic E-state index is 12.0. The maximum Gasteiger partial charge on any atom is 0.407 e. The molecule has 1 aromatic carbocycles. The molecule has 2 aromatic rings. The number of likely N-dealkylation sites (tertiary alicyclic amines) is 1. The molecule has 3 rings (SSSR count). The number of para-hydroxylation sites is 1. The first-order valence-electron chi connectivity index (χ1n) is 10.7. The van der Waals surface area contributed by atoms with Gasteiger partial charge in [-0.05, 0) is 52.2 Å². The number of aliphatic imine (C=N–C) groups is 1. The molecule has 0 spiro atoms. The third-order valence-corrected chi connectivity index (χ3v) is 4.90. The summed E-state index contributed by atoms with van der Waals surface area (Å²) in [6.07, 6.45) is 3.18. The molecule has 1 aliphatic heterocycles. The standard InChI is InChI=1S/C23H33N5O2.HI/c1-5-24-21(28-15-12-19(16-28)27-22(29)30-23(2,3)4)26-14-11-18-9-6-8-17-10-7-13-25-20(17)18;/h6-10,13,19H,5,11-12,14-16H2,1-4H3,(H,24,26)(H,27,29);1H. The third kappa shape index (κ3) is 7.52. The molecule has 1 aromatic heterocycles. The van der Waals surface area contributed by atoms with Crippen molar-refractivity contribution in [2.45, 2.75) is 52.2 Å². The van der Waals surface area contributed by atoms with Gasteiger partial charge in [0.2, 0.25) is 0 Å². The number of pyridine rings is 1. The second-order valence-electron chi connectivity index (χ2n) is 8.56. The number of carbonyl (C=O) groups excluding carboxylic acids is 1. The number of nitrogens with zero attached hydrogens (tertiary/aromatic N) is 3. The minimum absolute atomic E-state index is 0. The zero-order chi connectivity index (χ0) is 21.6. The van der Waals surface area contributed by atoms with E-state index < -0.39 is 5.60 Å². The van der Waals surface area contributed by atoms with Gasteiger partial charge in [0.25, 0.3) is 0 Å². The maximum atomic E-state index is 12.0. The smallest absolute Gasteiger partial charge is 0.407 e. The Morgan fingerprint density at radius 1 is 1.29 bits per heavy atom. The number of aromatic nitrogens is 1. The lowest BCUT2D eigenvalue weighted by atomic mass is 10.1. The number of rotatable bonds is 5. The van der Waals surface area contributed by atoms with Crippen LogP contribution in [0.2, 0.25) is 0 Å². The molecule has 0 radical (unpaired) electrons. The Labute approximate surface area is 202 Å². The predicted molar refractivity (Wildman–Crippen MR) is 136 cm³/mol. The van der Waals surface area contributed by atoms with Crippen LogP contribution in [0.5, 0.6) is 0 Å². The van der Waals surface area contributed by atoms with Crippen molar-refractivity contribution in [2.75, 3.05) is 26.2 Å². The zero-order valence-corrected chi connectivity index (χ0v) is 21.2.